The number of fused-ring (bicyclic) bond motifs is 3. The summed E-state index contributed by atoms with van der Waals surface area (Å²) in [5, 5.41) is 9.48. The van der Waals surface area contributed by atoms with Crippen LogP contribution in [0.15, 0.2) is 48.7 Å². The molecule has 2 aromatic heterocycles. The van der Waals surface area contributed by atoms with Crippen LogP contribution in [0.3, 0.4) is 0 Å². The summed E-state index contributed by atoms with van der Waals surface area (Å²) in [4.78, 5) is 29.6. The molecule has 7 heteroatoms. The van der Waals surface area contributed by atoms with Crippen molar-refractivity contribution < 1.29 is 19.1 Å². The van der Waals surface area contributed by atoms with E-state index in [0.717, 1.165) is 66.7 Å². The smallest absolute Gasteiger partial charge is 0.307 e. The van der Waals surface area contributed by atoms with Crippen LogP contribution in [0.1, 0.15) is 54.1 Å². The average molecular weight is 478 g/mol. The minimum absolute atomic E-state index is 0.00385. The van der Waals surface area contributed by atoms with E-state index in [1.54, 1.807) is 12.1 Å². The molecule has 1 aliphatic heterocycles. The number of hydrogen-bond acceptors (Lipinski definition) is 3. The number of pyridine rings is 1. The van der Waals surface area contributed by atoms with Gasteiger partial charge in [-0.1, -0.05) is 24.6 Å². The Labute approximate surface area is 205 Å². The van der Waals surface area contributed by atoms with E-state index in [0.29, 0.717) is 6.42 Å². The zero-order valence-electron chi connectivity index (χ0n) is 20.1. The Balaban J connectivity index is 1.44. The van der Waals surface area contributed by atoms with Crippen molar-refractivity contribution in [2.75, 3.05) is 20.1 Å². The first-order valence-corrected chi connectivity index (χ1v) is 12.5. The van der Waals surface area contributed by atoms with Crippen LogP contribution in [0.2, 0.25) is 0 Å². The maximum absolute atomic E-state index is 14.0. The molecule has 0 bridgehead atoms. The third-order valence-electron chi connectivity index (χ3n) is 7.73. The minimum Gasteiger partial charge on any atom is -0.481 e. The number of aromatic nitrogens is 1. The highest BCUT2D eigenvalue weighted by molar-refractivity contribution is 5.83. The normalized spacial score (nSPS) is 19.3. The third-order valence-corrected chi connectivity index (χ3v) is 7.73. The standard InChI is InChI=1S/C28H32FN3O3/c1-30(28(35)27(31-14-4-2-5-15-31)19-8-10-20(29)11-9-19)21-12-13-22-23(18-26(33)34)24-7-3-6-16-32(24)25(22)17-21/h3,6-11,16,21,27H,2,4-5,12-15,17-18H2,1H3,(H,33,34)/t21-,27?/m1/s1. The van der Waals surface area contributed by atoms with Crippen molar-refractivity contribution in [1.82, 2.24) is 14.2 Å². The van der Waals surface area contributed by atoms with Gasteiger partial charge < -0.3 is 14.4 Å². The first-order chi connectivity index (χ1) is 16.9. The number of halogens is 1. The summed E-state index contributed by atoms with van der Waals surface area (Å²) in [5.74, 6) is -1.09. The Morgan fingerprint density at radius 2 is 1.86 bits per heavy atom. The summed E-state index contributed by atoms with van der Waals surface area (Å²) in [7, 11) is 1.88. The van der Waals surface area contributed by atoms with E-state index in [-0.39, 0.29) is 24.2 Å². The number of aliphatic carboxylic acids is 1. The summed E-state index contributed by atoms with van der Waals surface area (Å²) in [6, 6.07) is 11.8. The summed E-state index contributed by atoms with van der Waals surface area (Å²) >= 11 is 0. The topological polar surface area (TPSA) is 65.3 Å². The second-order valence-electron chi connectivity index (χ2n) is 9.83. The van der Waals surface area contributed by atoms with Gasteiger partial charge in [0.1, 0.15) is 11.9 Å². The van der Waals surface area contributed by atoms with Gasteiger partial charge in [-0.3, -0.25) is 14.5 Å². The second-order valence-corrected chi connectivity index (χ2v) is 9.83. The van der Waals surface area contributed by atoms with Crippen molar-refractivity contribution in [2.24, 2.45) is 0 Å². The number of benzene rings is 1. The Morgan fingerprint density at radius 1 is 1.11 bits per heavy atom. The van der Waals surface area contributed by atoms with Crippen LogP contribution in [0.5, 0.6) is 0 Å². The molecular formula is C28H32FN3O3. The van der Waals surface area contributed by atoms with Crippen LogP contribution >= 0.6 is 0 Å². The highest BCUT2D eigenvalue weighted by atomic mass is 19.1. The highest BCUT2D eigenvalue weighted by Gasteiger charge is 2.36. The average Bonchev–Trinajstić information content (AvgIpc) is 3.18. The fraction of sp³-hybridized carbons (Fsp3) is 0.429. The van der Waals surface area contributed by atoms with Gasteiger partial charge in [-0.15, -0.1) is 0 Å². The summed E-state index contributed by atoms with van der Waals surface area (Å²) in [6.07, 6.45) is 7.48. The second kappa shape index (κ2) is 9.82. The molecule has 1 amide bonds. The van der Waals surface area contributed by atoms with Gasteiger partial charge in [0.25, 0.3) is 0 Å². The van der Waals surface area contributed by atoms with E-state index in [4.69, 9.17) is 0 Å². The monoisotopic (exact) mass is 477 g/mol. The maximum atomic E-state index is 14.0. The molecular weight excluding hydrogens is 445 g/mol. The van der Waals surface area contributed by atoms with Crippen molar-refractivity contribution in [1.29, 1.82) is 0 Å². The van der Waals surface area contributed by atoms with Crippen LogP contribution < -0.4 is 0 Å². The number of hydrogen-bond donors (Lipinski definition) is 1. The molecule has 35 heavy (non-hydrogen) atoms. The molecule has 1 aliphatic carbocycles. The summed E-state index contributed by atoms with van der Waals surface area (Å²) in [5.41, 5.74) is 4.87. The molecule has 5 rings (SSSR count). The third kappa shape index (κ3) is 4.57. The molecule has 1 saturated heterocycles. The van der Waals surface area contributed by atoms with Crippen LogP contribution in [0.4, 0.5) is 4.39 Å². The molecule has 6 nitrogen and oxygen atoms in total. The molecule has 184 valence electrons. The lowest BCUT2D eigenvalue weighted by Gasteiger charge is -2.39. The van der Waals surface area contributed by atoms with E-state index in [9.17, 15) is 19.1 Å². The fourth-order valence-corrected chi connectivity index (χ4v) is 5.93. The molecule has 1 unspecified atom stereocenters. The van der Waals surface area contributed by atoms with Gasteiger partial charge in [-0.05, 0) is 79.7 Å². The van der Waals surface area contributed by atoms with Gasteiger partial charge in [0.05, 0.1) is 6.42 Å². The van der Waals surface area contributed by atoms with E-state index < -0.39 is 12.0 Å². The van der Waals surface area contributed by atoms with Crippen molar-refractivity contribution in [3.05, 3.63) is 76.9 Å². The predicted octanol–water partition coefficient (Wildman–Crippen LogP) is 4.25. The molecule has 3 aromatic rings. The zero-order valence-corrected chi connectivity index (χ0v) is 20.1. The molecule has 2 atom stereocenters. The SMILES string of the molecule is CN(C(=O)C(c1ccc(F)cc1)N1CCCCC1)[C@@H]1CCc2c(CC(=O)O)c3ccccn3c2C1. The maximum Gasteiger partial charge on any atom is 0.307 e. The Kier molecular flexibility index (Phi) is 6.60. The van der Waals surface area contributed by atoms with Crippen molar-refractivity contribution in [3.63, 3.8) is 0 Å². The van der Waals surface area contributed by atoms with Crippen LogP contribution in [0.25, 0.3) is 5.52 Å². The molecule has 1 fully saturated rings. The minimum atomic E-state index is -0.831. The molecule has 3 heterocycles. The number of likely N-dealkylation sites (N-methyl/N-ethyl adjacent to an activating group) is 1. The van der Waals surface area contributed by atoms with E-state index in [1.807, 2.05) is 36.3 Å². The number of likely N-dealkylation sites (tertiary alicyclic amines) is 1. The predicted molar refractivity (Wildman–Crippen MR) is 132 cm³/mol. The number of nitrogens with zero attached hydrogens (tertiary/aromatic N) is 3. The molecule has 0 saturated carbocycles. The van der Waals surface area contributed by atoms with Gasteiger partial charge in [0, 0.05) is 36.9 Å². The Bertz CT molecular complexity index is 1230. The van der Waals surface area contributed by atoms with Crippen LogP contribution in [-0.2, 0) is 28.9 Å². The van der Waals surface area contributed by atoms with E-state index in [2.05, 4.69) is 9.30 Å². The number of carbonyl (C=O) groups excluding carboxylic acids is 1. The van der Waals surface area contributed by atoms with Gasteiger partial charge in [-0.2, -0.15) is 0 Å². The van der Waals surface area contributed by atoms with Gasteiger partial charge in [0.2, 0.25) is 5.91 Å². The van der Waals surface area contributed by atoms with E-state index >= 15 is 0 Å². The number of carboxylic acids is 1. The lowest BCUT2D eigenvalue weighted by molar-refractivity contribution is -0.139. The van der Waals surface area contributed by atoms with Crippen LogP contribution in [-0.4, -0.2) is 57.4 Å². The van der Waals surface area contributed by atoms with E-state index in [1.165, 1.54) is 18.6 Å². The summed E-state index contributed by atoms with van der Waals surface area (Å²) in [6.45, 7) is 1.72. The zero-order chi connectivity index (χ0) is 24.5. The quantitative estimate of drug-likeness (QED) is 0.577. The largest absolute Gasteiger partial charge is 0.481 e. The Hall–Kier alpha value is -3.19. The molecule has 1 aromatic carbocycles. The number of carboxylic acid groups (broad SMARTS) is 1. The lowest BCUT2D eigenvalue weighted by Crippen LogP contribution is -2.48. The Morgan fingerprint density at radius 3 is 2.57 bits per heavy atom. The lowest BCUT2D eigenvalue weighted by atomic mass is 9.89. The summed E-state index contributed by atoms with van der Waals surface area (Å²) < 4.78 is 15.7. The molecule has 0 spiro atoms. The van der Waals surface area contributed by atoms with Crippen LogP contribution in [0, 0.1) is 5.82 Å². The number of rotatable bonds is 6. The number of carbonyl (C=O) groups is 2. The van der Waals surface area contributed by atoms with Crippen molar-refractivity contribution >= 4 is 17.4 Å². The fourth-order valence-electron chi connectivity index (χ4n) is 5.93. The van der Waals surface area contributed by atoms with Crippen molar-refractivity contribution in [3.8, 4) is 0 Å². The number of amides is 1. The first kappa shape index (κ1) is 23.5. The van der Waals surface area contributed by atoms with Gasteiger partial charge in [0.15, 0.2) is 0 Å². The van der Waals surface area contributed by atoms with Crippen molar-refractivity contribution in [2.45, 2.75) is 57.0 Å². The van der Waals surface area contributed by atoms with Gasteiger partial charge in [-0.25, -0.2) is 4.39 Å². The van der Waals surface area contributed by atoms with Gasteiger partial charge >= 0.3 is 5.97 Å². The number of piperidine rings is 1. The molecule has 0 radical (unpaired) electrons. The highest BCUT2D eigenvalue weighted by Crippen LogP contribution is 2.34. The molecule has 1 N–H and O–H groups in total. The first-order valence-electron chi connectivity index (χ1n) is 12.5. The molecule has 2 aliphatic rings.